The van der Waals surface area contributed by atoms with Gasteiger partial charge in [-0.3, -0.25) is 14.2 Å². The topological polar surface area (TPSA) is 102 Å². The first-order valence-corrected chi connectivity index (χ1v) is 10.0. The lowest BCUT2D eigenvalue weighted by Gasteiger charge is -2.05. The van der Waals surface area contributed by atoms with Gasteiger partial charge in [0.2, 0.25) is 0 Å². The molecule has 0 aliphatic rings. The minimum absolute atomic E-state index is 0.0110. The van der Waals surface area contributed by atoms with Crippen molar-refractivity contribution in [2.75, 3.05) is 5.32 Å². The second-order valence-corrected chi connectivity index (χ2v) is 7.45. The zero-order chi connectivity index (χ0) is 22.7. The van der Waals surface area contributed by atoms with Crippen LogP contribution in [0.15, 0.2) is 61.1 Å². The number of rotatable bonds is 4. The van der Waals surface area contributed by atoms with E-state index in [0.717, 1.165) is 22.4 Å². The highest BCUT2D eigenvalue weighted by atomic mass is 16.2. The predicted molar refractivity (Wildman–Crippen MR) is 123 cm³/mol. The van der Waals surface area contributed by atoms with E-state index in [4.69, 9.17) is 5.73 Å². The molecule has 32 heavy (non-hydrogen) atoms. The normalized spacial score (nSPS) is 10.4. The molecule has 0 saturated carbocycles. The Labute approximate surface area is 185 Å². The van der Waals surface area contributed by atoms with Gasteiger partial charge in [0.15, 0.2) is 11.4 Å². The number of anilines is 1. The largest absolute Gasteiger partial charge is 0.351 e. The molecule has 0 fully saturated rings. The number of carbonyl (C=O) groups excluding carboxylic acids is 2. The molecule has 4 rings (SSSR count). The number of nitrogens with zero attached hydrogens (tertiary/aromatic N) is 3. The average molecular weight is 423 g/mol. The van der Waals surface area contributed by atoms with Gasteiger partial charge >= 0.3 is 6.03 Å². The highest BCUT2D eigenvalue weighted by Crippen LogP contribution is 2.17. The molecule has 7 heteroatoms. The maximum Gasteiger partial charge on any atom is 0.316 e. The summed E-state index contributed by atoms with van der Waals surface area (Å²) in [5.74, 6) is 6.25. The monoisotopic (exact) mass is 423 g/mol. The number of Topliss-reactive ketones (excluding diaryl/α,β-unsaturated/α-hetero) is 1. The van der Waals surface area contributed by atoms with Crippen molar-refractivity contribution in [2.45, 2.75) is 20.3 Å². The highest BCUT2D eigenvalue weighted by molar-refractivity contribution is 5.97. The molecule has 3 heterocycles. The van der Waals surface area contributed by atoms with E-state index < -0.39 is 6.03 Å². The molecular formula is C25H21N5O2. The third-order valence-electron chi connectivity index (χ3n) is 4.99. The predicted octanol–water partition coefficient (Wildman–Crippen LogP) is 3.66. The van der Waals surface area contributed by atoms with Crippen LogP contribution >= 0.6 is 0 Å². The van der Waals surface area contributed by atoms with Crippen LogP contribution < -0.4 is 11.1 Å². The van der Waals surface area contributed by atoms with Gasteiger partial charge < -0.3 is 11.1 Å². The van der Waals surface area contributed by atoms with Crippen molar-refractivity contribution in [3.8, 4) is 11.8 Å². The Balaban J connectivity index is 1.62. The Morgan fingerprint density at radius 2 is 1.94 bits per heavy atom. The standard InChI is InChI=1S/C25H21N5O2/c1-16-9-10-27-20(12-16)14-23(31)19-6-5-17(2)18(13-19)7-8-21-15-28-24-22(29-25(26)32)4-3-11-30(21)24/h3-6,9-13,15H,14H2,1-2H3,(H3,26,29,32). The van der Waals surface area contributed by atoms with Crippen LogP contribution in [0.5, 0.6) is 0 Å². The number of fused-ring (bicyclic) bond motifs is 1. The summed E-state index contributed by atoms with van der Waals surface area (Å²) in [6, 6.07) is 12.2. The number of nitrogens with two attached hydrogens (primary N) is 1. The van der Waals surface area contributed by atoms with Crippen LogP contribution in [-0.2, 0) is 6.42 Å². The summed E-state index contributed by atoms with van der Waals surface area (Å²) in [4.78, 5) is 32.6. The van der Waals surface area contributed by atoms with Crippen molar-refractivity contribution in [3.05, 3.63) is 94.7 Å². The van der Waals surface area contributed by atoms with E-state index in [1.807, 2.05) is 44.2 Å². The Morgan fingerprint density at radius 1 is 1.09 bits per heavy atom. The van der Waals surface area contributed by atoms with Gasteiger partial charge in [-0.25, -0.2) is 9.78 Å². The first-order chi connectivity index (χ1) is 15.4. The van der Waals surface area contributed by atoms with Crippen molar-refractivity contribution in [2.24, 2.45) is 5.73 Å². The second-order valence-electron chi connectivity index (χ2n) is 7.45. The van der Waals surface area contributed by atoms with Crippen LogP contribution in [-0.4, -0.2) is 26.2 Å². The average Bonchev–Trinajstić information content (AvgIpc) is 3.17. The Bertz CT molecular complexity index is 1410. The molecule has 2 amide bonds. The van der Waals surface area contributed by atoms with E-state index in [1.165, 1.54) is 0 Å². The number of benzene rings is 1. The van der Waals surface area contributed by atoms with E-state index in [1.54, 1.807) is 35.1 Å². The number of hydrogen-bond donors (Lipinski definition) is 2. The number of aryl methyl sites for hydroxylation is 2. The van der Waals surface area contributed by atoms with Gasteiger partial charge in [0, 0.05) is 29.2 Å². The van der Waals surface area contributed by atoms with Crippen molar-refractivity contribution >= 4 is 23.1 Å². The Morgan fingerprint density at radius 3 is 2.72 bits per heavy atom. The SMILES string of the molecule is Cc1ccnc(CC(=O)c2ccc(C)c(C#Cc3cnc4c(NC(N)=O)cccn34)c2)c1. The smallest absolute Gasteiger partial charge is 0.316 e. The quantitative estimate of drug-likeness (QED) is 0.386. The molecule has 158 valence electrons. The minimum atomic E-state index is -0.660. The van der Waals surface area contributed by atoms with Gasteiger partial charge in [-0.1, -0.05) is 18.1 Å². The summed E-state index contributed by atoms with van der Waals surface area (Å²) in [5, 5.41) is 2.55. The van der Waals surface area contributed by atoms with Crippen molar-refractivity contribution < 1.29 is 9.59 Å². The maximum absolute atomic E-state index is 12.8. The van der Waals surface area contributed by atoms with E-state index >= 15 is 0 Å². The molecule has 1 aromatic carbocycles. The zero-order valence-corrected chi connectivity index (χ0v) is 17.7. The second kappa shape index (κ2) is 8.74. The fourth-order valence-corrected chi connectivity index (χ4v) is 3.36. The molecule has 0 aliphatic carbocycles. The van der Waals surface area contributed by atoms with Crippen LogP contribution in [0.4, 0.5) is 10.5 Å². The minimum Gasteiger partial charge on any atom is -0.351 e. The van der Waals surface area contributed by atoms with Crippen LogP contribution in [0.25, 0.3) is 5.65 Å². The van der Waals surface area contributed by atoms with Crippen LogP contribution in [0.3, 0.4) is 0 Å². The molecule has 3 aromatic heterocycles. The fourth-order valence-electron chi connectivity index (χ4n) is 3.36. The van der Waals surface area contributed by atoms with E-state index in [9.17, 15) is 9.59 Å². The number of aromatic nitrogens is 3. The number of pyridine rings is 2. The zero-order valence-electron chi connectivity index (χ0n) is 17.7. The van der Waals surface area contributed by atoms with Crippen LogP contribution in [0, 0.1) is 25.7 Å². The lowest BCUT2D eigenvalue weighted by atomic mass is 10.00. The van der Waals surface area contributed by atoms with Crippen LogP contribution in [0.1, 0.15) is 38.4 Å². The number of primary amides is 1. The molecule has 4 aromatic rings. The molecule has 0 spiro atoms. The first-order valence-electron chi connectivity index (χ1n) is 10.0. The first kappa shape index (κ1) is 20.8. The lowest BCUT2D eigenvalue weighted by molar-refractivity contribution is 0.0992. The van der Waals surface area contributed by atoms with E-state index in [2.05, 4.69) is 27.1 Å². The molecule has 3 N–H and O–H groups in total. The number of carbonyl (C=O) groups is 2. The fraction of sp³-hybridized carbons (Fsp3) is 0.120. The summed E-state index contributed by atoms with van der Waals surface area (Å²) in [5.41, 5.74) is 11.0. The molecule has 0 aliphatic heterocycles. The number of urea groups is 1. The van der Waals surface area contributed by atoms with Crippen LogP contribution in [0.2, 0.25) is 0 Å². The van der Waals surface area contributed by atoms with Gasteiger partial charge in [-0.2, -0.15) is 0 Å². The molecule has 0 bridgehead atoms. The number of imidazole rings is 1. The van der Waals surface area contributed by atoms with Gasteiger partial charge in [0.05, 0.1) is 18.3 Å². The summed E-state index contributed by atoms with van der Waals surface area (Å²) >= 11 is 0. The van der Waals surface area contributed by atoms with Gasteiger partial charge in [-0.15, -0.1) is 0 Å². The number of amides is 2. The third-order valence-corrected chi connectivity index (χ3v) is 4.99. The van der Waals surface area contributed by atoms with E-state index in [-0.39, 0.29) is 12.2 Å². The van der Waals surface area contributed by atoms with Crippen molar-refractivity contribution in [3.63, 3.8) is 0 Å². The van der Waals surface area contributed by atoms with E-state index in [0.29, 0.717) is 22.6 Å². The Kier molecular flexibility index (Phi) is 5.69. The lowest BCUT2D eigenvalue weighted by Crippen LogP contribution is -2.19. The third kappa shape index (κ3) is 4.50. The molecule has 0 saturated heterocycles. The molecule has 0 unspecified atom stereocenters. The summed E-state index contributed by atoms with van der Waals surface area (Å²) < 4.78 is 1.77. The van der Waals surface area contributed by atoms with Gasteiger partial charge in [0.25, 0.3) is 0 Å². The number of nitrogens with one attached hydrogen (secondary N) is 1. The summed E-state index contributed by atoms with van der Waals surface area (Å²) in [6.45, 7) is 3.92. The molecule has 7 nitrogen and oxygen atoms in total. The summed E-state index contributed by atoms with van der Waals surface area (Å²) in [7, 11) is 0. The van der Waals surface area contributed by atoms with Gasteiger partial charge in [-0.05, 0) is 61.2 Å². The molecule has 0 atom stereocenters. The summed E-state index contributed by atoms with van der Waals surface area (Å²) in [6.07, 6.45) is 5.38. The Hall–Kier alpha value is -4.44. The van der Waals surface area contributed by atoms with Gasteiger partial charge in [0.1, 0.15) is 5.69 Å². The number of hydrogen-bond acceptors (Lipinski definition) is 4. The maximum atomic E-state index is 12.8. The van der Waals surface area contributed by atoms with Crippen molar-refractivity contribution in [1.82, 2.24) is 14.4 Å². The number of ketones is 1. The molecular weight excluding hydrogens is 402 g/mol. The van der Waals surface area contributed by atoms with Crippen molar-refractivity contribution in [1.29, 1.82) is 0 Å². The molecule has 0 radical (unpaired) electrons. The highest BCUT2D eigenvalue weighted by Gasteiger charge is 2.11.